The van der Waals surface area contributed by atoms with Gasteiger partial charge in [-0.05, 0) is 19.9 Å². The van der Waals surface area contributed by atoms with Crippen molar-refractivity contribution in [2.75, 3.05) is 14.1 Å². The van der Waals surface area contributed by atoms with Gasteiger partial charge in [-0.15, -0.1) is 0 Å². The van der Waals surface area contributed by atoms with Crippen LogP contribution in [0.2, 0.25) is 0 Å². The number of H-pyrrole nitrogens is 1. The number of carbonyl (C=O) groups excluding carboxylic acids is 2. The molecule has 1 aromatic carbocycles. The minimum atomic E-state index is -0.567. The van der Waals surface area contributed by atoms with Crippen LogP contribution in [0.25, 0.3) is 22.2 Å². The summed E-state index contributed by atoms with van der Waals surface area (Å²) in [5.41, 5.74) is 3.10. The third kappa shape index (κ3) is 2.32. The van der Waals surface area contributed by atoms with Crippen molar-refractivity contribution in [1.29, 1.82) is 0 Å². The Hall–Kier alpha value is -2.89. The van der Waals surface area contributed by atoms with Gasteiger partial charge in [0.05, 0.1) is 22.5 Å². The maximum atomic E-state index is 12.7. The minimum Gasteiger partial charge on any atom is -0.361 e. The highest BCUT2D eigenvalue weighted by molar-refractivity contribution is 6.46. The number of fused-ring (bicyclic) bond motifs is 1. The molecular formula is C17H17N3O3. The summed E-state index contributed by atoms with van der Waals surface area (Å²) in [6.07, 6.45) is 0. The molecule has 0 saturated heterocycles. The molecule has 0 spiro atoms. The fourth-order valence-electron chi connectivity index (χ4n) is 2.72. The summed E-state index contributed by atoms with van der Waals surface area (Å²) in [6, 6.07) is 7.40. The molecule has 0 aliphatic heterocycles. The van der Waals surface area contributed by atoms with E-state index in [1.807, 2.05) is 24.3 Å². The summed E-state index contributed by atoms with van der Waals surface area (Å²) < 4.78 is 5.21. The van der Waals surface area contributed by atoms with E-state index in [1.165, 1.54) is 4.90 Å². The lowest BCUT2D eigenvalue weighted by Gasteiger charge is -2.09. The summed E-state index contributed by atoms with van der Waals surface area (Å²) >= 11 is 0. The van der Waals surface area contributed by atoms with Crippen molar-refractivity contribution in [3.8, 4) is 11.3 Å². The first-order valence-corrected chi connectivity index (χ1v) is 7.21. The molecule has 0 bridgehead atoms. The molecule has 3 aromatic rings. The second-order valence-electron chi connectivity index (χ2n) is 5.65. The molecule has 2 heterocycles. The summed E-state index contributed by atoms with van der Waals surface area (Å²) in [6.45, 7) is 3.59. The van der Waals surface area contributed by atoms with Crippen molar-refractivity contribution >= 4 is 22.6 Å². The average molecular weight is 311 g/mol. The van der Waals surface area contributed by atoms with Gasteiger partial charge in [0, 0.05) is 25.0 Å². The molecule has 118 valence electrons. The summed E-state index contributed by atoms with van der Waals surface area (Å²) in [5, 5.41) is 4.65. The number of nitrogens with zero attached hydrogens (tertiary/aromatic N) is 2. The van der Waals surface area contributed by atoms with E-state index in [0.29, 0.717) is 28.1 Å². The minimum absolute atomic E-state index is 0.355. The van der Waals surface area contributed by atoms with Gasteiger partial charge >= 0.3 is 0 Å². The van der Waals surface area contributed by atoms with Crippen molar-refractivity contribution in [2.24, 2.45) is 0 Å². The number of ketones is 1. The van der Waals surface area contributed by atoms with Crippen LogP contribution in [0.15, 0.2) is 28.8 Å². The quantitative estimate of drug-likeness (QED) is 0.596. The Balaban J connectivity index is 2.33. The number of Topliss-reactive ketones (excluding diaryl/α,β-unsaturated/α-hetero) is 1. The predicted molar refractivity (Wildman–Crippen MR) is 86.3 cm³/mol. The van der Waals surface area contributed by atoms with Crippen LogP contribution in [-0.2, 0) is 4.79 Å². The molecule has 0 aliphatic rings. The van der Waals surface area contributed by atoms with E-state index >= 15 is 0 Å². The monoisotopic (exact) mass is 311 g/mol. The van der Waals surface area contributed by atoms with Gasteiger partial charge in [0.2, 0.25) is 0 Å². The Morgan fingerprint density at radius 1 is 1.17 bits per heavy atom. The number of aromatic nitrogens is 2. The zero-order valence-corrected chi connectivity index (χ0v) is 13.4. The topological polar surface area (TPSA) is 79.2 Å². The highest BCUT2D eigenvalue weighted by Crippen LogP contribution is 2.34. The molecule has 0 fully saturated rings. The highest BCUT2D eigenvalue weighted by Gasteiger charge is 2.28. The maximum absolute atomic E-state index is 12.7. The molecule has 0 radical (unpaired) electrons. The van der Waals surface area contributed by atoms with Crippen LogP contribution in [0.4, 0.5) is 0 Å². The molecule has 23 heavy (non-hydrogen) atoms. The molecule has 0 unspecified atom stereocenters. The van der Waals surface area contributed by atoms with Crippen molar-refractivity contribution in [3.05, 3.63) is 41.3 Å². The SMILES string of the molecule is Cc1noc(C)c1-c1[nH]c2ccccc2c1C(=O)C(=O)N(C)C. The molecule has 1 amide bonds. The third-order valence-corrected chi connectivity index (χ3v) is 3.82. The average Bonchev–Trinajstić information content (AvgIpc) is 3.05. The number of hydrogen-bond acceptors (Lipinski definition) is 4. The standard InChI is InChI=1S/C17H17N3O3/c1-9-13(10(2)23-19-9)15-14(16(21)17(22)20(3)4)11-7-5-6-8-12(11)18-15/h5-8,18H,1-4H3. The van der Waals surface area contributed by atoms with Gasteiger partial charge < -0.3 is 14.4 Å². The van der Waals surface area contributed by atoms with E-state index < -0.39 is 11.7 Å². The number of amides is 1. The van der Waals surface area contributed by atoms with Gasteiger partial charge in [-0.1, -0.05) is 23.4 Å². The summed E-state index contributed by atoms with van der Waals surface area (Å²) in [4.78, 5) is 29.4. The number of likely N-dealkylation sites (N-methyl/N-ethyl adjacent to an activating group) is 1. The second-order valence-corrected chi connectivity index (χ2v) is 5.65. The van der Waals surface area contributed by atoms with Gasteiger partial charge in [0.15, 0.2) is 0 Å². The van der Waals surface area contributed by atoms with Crippen LogP contribution < -0.4 is 0 Å². The highest BCUT2D eigenvalue weighted by atomic mass is 16.5. The lowest BCUT2D eigenvalue weighted by Crippen LogP contribution is -2.30. The van der Waals surface area contributed by atoms with Gasteiger partial charge in [-0.25, -0.2) is 0 Å². The van der Waals surface area contributed by atoms with E-state index in [2.05, 4.69) is 10.1 Å². The van der Waals surface area contributed by atoms with E-state index in [0.717, 1.165) is 11.1 Å². The zero-order valence-electron chi connectivity index (χ0n) is 13.4. The smallest absolute Gasteiger partial charge is 0.294 e. The van der Waals surface area contributed by atoms with Crippen molar-refractivity contribution < 1.29 is 14.1 Å². The molecule has 0 atom stereocenters. The molecular weight excluding hydrogens is 294 g/mol. The van der Waals surface area contributed by atoms with Crippen LogP contribution in [0.5, 0.6) is 0 Å². The molecule has 6 nitrogen and oxygen atoms in total. The first-order chi connectivity index (χ1) is 10.9. The lowest BCUT2D eigenvalue weighted by atomic mass is 10.00. The molecule has 0 saturated carbocycles. The number of rotatable bonds is 3. The number of benzene rings is 1. The van der Waals surface area contributed by atoms with E-state index in [-0.39, 0.29) is 0 Å². The zero-order chi connectivity index (χ0) is 16.7. The van der Waals surface area contributed by atoms with E-state index in [1.54, 1.807) is 27.9 Å². The first-order valence-electron chi connectivity index (χ1n) is 7.21. The van der Waals surface area contributed by atoms with Crippen molar-refractivity contribution in [2.45, 2.75) is 13.8 Å². The number of hydrogen-bond donors (Lipinski definition) is 1. The third-order valence-electron chi connectivity index (χ3n) is 3.82. The molecule has 3 rings (SSSR count). The first kappa shape index (κ1) is 15.0. The largest absolute Gasteiger partial charge is 0.361 e. The number of aryl methyl sites for hydroxylation is 2. The summed E-state index contributed by atoms with van der Waals surface area (Å²) in [7, 11) is 3.12. The fraction of sp³-hybridized carbons (Fsp3) is 0.235. The second kappa shape index (κ2) is 5.39. The maximum Gasteiger partial charge on any atom is 0.294 e. The van der Waals surface area contributed by atoms with Crippen molar-refractivity contribution in [1.82, 2.24) is 15.0 Å². The number of nitrogens with one attached hydrogen (secondary N) is 1. The van der Waals surface area contributed by atoms with Crippen LogP contribution in [0.3, 0.4) is 0 Å². The molecule has 6 heteroatoms. The van der Waals surface area contributed by atoms with Crippen LogP contribution in [-0.4, -0.2) is 40.8 Å². The van der Waals surface area contributed by atoms with Crippen molar-refractivity contribution in [3.63, 3.8) is 0 Å². The van der Waals surface area contributed by atoms with Gasteiger partial charge in [0.1, 0.15) is 5.76 Å². The van der Waals surface area contributed by atoms with Crippen LogP contribution >= 0.6 is 0 Å². The Kier molecular flexibility index (Phi) is 3.52. The molecule has 2 aromatic heterocycles. The Morgan fingerprint density at radius 3 is 2.48 bits per heavy atom. The van der Waals surface area contributed by atoms with Gasteiger partial charge in [-0.2, -0.15) is 0 Å². The predicted octanol–water partition coefficient (Wildman–Crippen LogP) is 2.71. The number of aromatic amines is 1. The lowest BCUT2D eigenvalue weighted by molar-refractivity contribution is -0.124. The van der Waals surface area contributed by atoms with Crippen LogP contribution in [0.1, 0.15) is 21.8 Å². The Morgan fingerprint density at radius 2 is 1.87 bits per heavy atom. The number of para-hydroxylation sites is 1. The molecule has 1 N–H and O–H groups in total. The number of carbonyl (C=O) groups is 2. The van der Waals surface area contributed by atoms with Gasteiger partial charge in [-0.3, -0.25) is 9.59 Å². The van der Waals surface area contributed by atoms with E-state index in [4.69, 9.17) is 4.52 Å². The van der Waals surface area contributed by atoms with Crippen LogP contribution in [0, 0.1) is 13.8 Å². The van der Waals surface area contributed by atoms with Gasteiger partial charge in [0.25, 0.3) is 11.7 Å². The van der Waals surface area contributed by atoms with E-state index in [9.17, 15) is 9.59 Å². The Labute approximate surface area is 133 Å². The fourth-order valence-corrected chi connectivity index (χ4v) is 2.72. The normalized spacial score (nSPS) is 11.0. The Bertz CT molecular complexity index is 899. The molecule has 0 aliphatic carbocycles. The summed E-state index contributed by atoms with van der Waals surface area (Å²) in [5.74, 6) is -0.523.